The van der Waals surface area contributed by atoms with E-state index in [0.717, 1.165) is 17.7 Å². The van der Waals surface area contributed by atoms with Gasteiger partial charge in [0.25, 0.3) is 5.91 Å². The Morgan fingerprint density at radius 1 is 1.50 bits per heavy atom. The van der Waals surface area contributed by atoms with Crippen LogP contribution in [-0.4, -0.2) is 43.3 Å². The number of amides is 1. The molecule has 0 unspecified atom stereocenters. The van der Waals surface area contributed by atoms with Crippen molar-refractivity contribution in [2.75, 3.05) is 20.3 Å². The van der Waals surface area contributed by atoms with Gasteiger partial charge in [-0.25, -0.2) is 4.79 Å². The average Bonchev–Trinajstić information content (AvgIpc) is 2.90. The molecule has 0 fully saturated rings. The summed E-state index contributed by atoms with van der Waals surface area (Å²) in [5, 5.41) is 11.6. The molecule has 1 aromatic carbocycles. The fourth-order valence-electron chi connectivity index (χ4n) is 2.06. The van der Waals surface area contributed by atoms with Gasteiger partial charge in [0, 0.05) is 32.1 Å². The van der Waals surface area contributed by atoms with Crippen LogP contribution in [0, 0.1) is 0 Å². The molecule has 1 aliphatic heterocycles. The first-order valence-corrected chi connectivity index (χ1v) is 6.40. The van der Waals surface area contributed by atoms with Gasteiger partial charge in [-0.1, -0.05) is 0 Å². The van der Waals surface area contributed by atoms with Crippen molar-refractivity contribution in [3.8, 4) is 5.75 Å². The number of fused-ring (bicyclic) bond motifs is 1. The molecule has 0 saturated carbocycles. The number of carbonyl (C=O) groups is 2. The maximum absolute atomic E-state index is 12.1. The van der Waals surface area contributed by atoms with Gasteiger partial charge in [0.15, 0.2) is 0 Å². The first-order chi connectivity index (χ1) is 9.61. The second-order valence-corrected chi connectivity index (χ2v) is 4.57. The van der Waals surface area contributed by atoms with Crippen LogP contribution in [0.2, 0.25) is 0 Å². The third-order valence-corrected chi connectivity index (χ3v) is 3.17. The van der Waals surface area contributed by atoms with Crippen molar-refractivity contribution in [1.29, 1.82) is 0 Å². The molecule has 20 heavy (non-hydrogen) atoms. The molecule has 1 aliphatic rings. The Balaban J connectivity index is 2.04. The predicted octanol–water partition coefficient (Wildman–Crippen LogP) is 0.841. The molecular weight excluding hydrogens is 262 g/mol. The number of methoxy groups -OCH3 is 1. The zero-order chi connectivity index (χ0) is 14.5. The minimum Gasteiger partial charge on any atom is -0.493 e. The minimum absolute atomic E-state index is 0.228. The van der Waals surface area contributed by atoms with Crippen LogP contribution in [0.1, 0.15) is 22.3 Å². The Bertz CT molecular complexity index is 514. The molecule has 6 heteroatoms. The molecule has 1 heterocycles. The SMILES string of the molecule is COCC[C@H](NC(=O)c1ccc2c(c1)CCO2)C(=O)O. The van der Waals surface area contributed by atoms with E-state index in [1.165, 1.54) is 7.11 Å². The Kier molecular flexibility index (Phi) is 4.57. The number of nitrogens with one attached hydrogen (secondary N) is 1. The number of ether oxygens (including phenoxy) is 2. The summed E-state index contributed by atoms with van der Waals surface area (Å²) < 4.78 is 10.2. The number of carboxylic acids is 1. The van der Waals surface area contributed by atoms with Crippen molar-refractivity contribution in [3.05, 3.63) is 29.3 Å². The number of carboxylic acid groups (broad SMARTS) is 1. The number of aliphatic carboxylic acids is 1. The Morgan fingerprint density at radius 2 is 2.30 bits per heavy atom. The smallest absolute Gasteiger partial charge is 0.326 e. The Morgan fingerprint density at radius 3 is 3.00 bits per heavy atom. The van der Waals surface area contributed by atoms with E-state index in [2.05, 4.69) is 5.32 Å². The molecule has 0 aliphatic carbocycles. The average molecular weight is 279 g/mol. The number of rotatable bonds is 6. The molecule has 2 N–H and O–H groups in total. The van der Waals surface area contributed by atoms with Crippen LogP contribution in [-0.2, 0) is 16.0 Å². The van der Waals surface area contributed by atoms with Gasteiger partial charge in [0.2, 0.25) is 0 Å². The third-order valence-electron chi connectivity index (χ3n) is 3.17. The van der Waals surface area contributed by atoms with E-state index < -0.39 is 17.9 Å². The lowest BCUT2D eigenvalue weighted by Gasteiger charge is -2.14. The largest absolute Gasteiger partial charge is 0.493 e. The van der Waals surface area contributed by atoms with Gasteiger partial charge in [-0.05, 0) is 23.8 Å². The molecule has 2 rings (SSSR count). The van der Waals surface area contributed by atoms with Crippen LogP contribution in [0.4, 0.5) is 0 Å². The molecule has 1 aromatic rings. The molecule has 1 atom stereocenters. The summed E-state index contributed by atoms with van der Waals surface area (Å²) in [6, 6.07) is 4.16. The lowest BCUT2D eigenvalue weighted by molar-refractivity contribution is -0.139. The van der Waals surface area contributed by atoms with Crippen LogP contribution in [0.5, 0.6) is 5.75 Å². The first-order valence-electron chi connectivity index (χ1n) is 6.40. The van der Waals surface area contributed by atoms with Crippen LogP contribution >= 0.6 is 0 Å². The van der Waals surface area contributed by atoms with E-state index >= 15 is 0 Å². The van der Waals surface area contributed by atoms with Crippen molar-refractivity contribution in [1.82, 2.24) is 5.32 Å². The van der Waals surface area contributed by atoms with Crippen LogP contribution in [0.3, 0.4) is 0 Å². The van der Waals surface area contributed by atoms with Gasteiger partial charge in [-0.15, -0.1) is 0 Å². The Labute approximate surface area is 116 Å². The summed E-state index contributed by atoms with van der Waals surface area (Å²) >= 11 is 0. The van der Waals surface area contributed by atoms with E-state index in [1.807, 2.05) is 0 Å². The van der Waals surface area contributed by atoms with E-state index in [4.69, 9.17) is 14.6 Å². The normalized spacial score (nSPS) is 14.2. The molecule has 0 bridgehead atoms. The molecule has 6 nitrogen and oxygen atoms in total. The minimum atomic E-state index is -1.07. The highest BCUT2D eigenvalue weighted by Crippen LogP contribution is 2.25. The van der Waals surface area contributed by atoms with E-state index in [-0.39, 0.29) is 13.0 Å². The zero-order valence-corrected chi connectivity index (χ0v) is 11.2. The monoisotopic (exact) mass is 279 g/mol. The molecule has 0 saturated heterocycles. The number of benzene rings is 1. The van der Waals surface area contributed by atoms with E-state index in [9.17, 15) is 9.59 Å². The zero-order valence-electron chi connectivity index (χ0n) is 11.2. The summed E-state index contributed by atoms with van der Waals surface area (Å²) in [5.74, 6) is -0.682. The van der Waals surface area contributed by atoms with Crippen molar-refractivity contribution in [2.24, 2.45) is 0 Å². The van der Waals surface area contributed by atoms with Crippen molar-refractivity contribution < 1.29 is 24.2 Å². The molecule has 0 radical (unpaired) electrons. The predicted molar refractivity (Wildman–Crippen MR) is 71.0 cm³/mol. The lowest BCUT2D eigenvalue weighted by Crippen LogP contribution is -2.41. The van der Waals surface area contributed by atoms with Crippen molar-refractivity contribution >= 4 is 11.9 Å². The fraction of sp³-hybridized carbons (Fsp3) is 0.429. The number of carbonyl (C=O) groups excluding carboxylic acids is 1. The topological polar surface area (TPSA) is 84.9 Å². The second kappa shape index (κ2) is 6.38. The van der Waals surface area contributed by atoms with E-state index in [0.29, 0.717) is 12.2 Å². The summed E-state index contributed by atoms with van der Waals surface area (Å²) in [5.41, 5.74) is 1.42. The van der Waals surface area contributed by atoms with Crippen LogP contribution < -0.4 is 10.1 Å². The lowest BCUT2D eigenvalue weighted by atomic mass is 10.1. The summed E-state index contributed by atoms with van der Waals surface area (Å²) in [7, 11) is 1.49. The molecule has 1 amide bonds. The van der Waals surface area contributed by atoms with Gasteiger partial charge in [0.1, 0.15) is 11.8 Å². The Hall–Kier alpha value is -2.08. The molecule has 0 spiro atoms. The number of hydrogen-bond acceptors (Lipinski definition) is 4. The highest BCUT2D eigenvalue weighted by Gasteiger charge is 2.21. The quantitative estimate of drug-likeness (QED) is 0.806. The van der Waals surface area contributed by atoms with Gasteiger partial charge in [-0.2, -0.15) is 0 Å². The van der Waals surface area contributed by atoms with Crippen LogP contribution in [0.25, 0.3) is 0 Å². The van der Waals surface area contributed by atoms with Crippen molar-refractivity contribution in [2.45, 2.75) is 18.9 Å². The second-order valence-electron chi connectivity index (χ2n) is 4.57. The first kappa shape index (κ1) is 14.3. The molecule has 108 valence electrons. The summed E-state index contributed by atoms with van der Waals surface area (Å²) in [6.45, 7) is 0.890. The molecular formula is C14H17NO5. The van der Waals surface area contributed by atoms with Gasteiger partial charge >= 0.3 is 5.97 Å². The third kappa shape index (κ3) is 3.27. The maximum atomic E-state index is 12.1. The maximum Gasteiger partial charge on any atom is 0.326 e. The molecule has 0 aromatic heterocycles. The fourth-order valence-corrected chi connectivity index (χ4v) is 2.06. The van der Waals surface area contributed by atoms with Gasteiger partial charge in [0.05, 0.1) is 6.61 Å². The van der Waals surface area contributed by atoms with Crippen molar-refractivity contribution in [3.63, 3.8) is 0 Å². The highest BCUT2D eigenvalue weighted by atomic mass is 16.5. The standard InChI is InChI=1S/C14H17NO5/c1-19-6-5-11(14(17)18)15-13(16)10-2-3-12-9(8-10)4-7-20-12/h2-3,8,11H,4-7H2,1H3,(H,15,16)(H,17,18)/t11-/m0/s1. The highest BCUT2D eigenvalue weighted by molar-refractivity contribution is 5.96. The summed E-state index contributed by atoms with van der Waals surface area (Å²) in [4.78, 5) is 23.1. The van der Waals surface area contributed by atoms with Gasteiger partial charge < -0.3 is 19.9 Å². The van der Waals surface area contributed by atoms with Gasteiger partial charge in [-0.3, -0.25) is 4.79 Å². The van der Waals surface area contributed by atoms with Crippen LogP contribution in [0.15, 0.2) is 18.2 Å². The van der Waals surface area contributed by atoms with E-state index in [1.54, 1.807) is 18.2 Å². The number of hydrogen-bond donors (Lipinski definition) is 2. The summed E-state index contributed by atoms with van der Waals surface area (Å²) in [6.07, 6.45) is 0.994.